The topological polar surface area (TPSA) is 61.8 Å². The summed E-state index contributed by atoms with van der Waals surface area (Å²) in [6.07, 6.45) is 0.648. The standard InChI is InChI=1S/C12H14O5/c1-15-3-4-17-11-6-9(8-13)5-10(7-11)12(14)16-2/h5-8H,3-4H2,1-2H3. The molecule has 0 spiro atoms. The highest BCUT2D eigenvalue weighted by Gasteiger charge is 2.09. The summed E-state index contributed by atoms with van der Waals surface area (Å²) < 4.78 is 14.7. The van der Waals surface area contributed by atoms with Crippen molar-refractivity contribution in [3.63, 3.8) is 0 Å². The van der Waals surface area contributed by atoms with E-state index in [0.29, 0.717) is 30.8 Å². The van der Waals surface area contributed by atoms with Gasteiger partial charge in [0.1, 0.15) is 18.6 Å². The number of carbonyl (C=O) groups is 2. The van der Waals surface area contributed by atoms with Gasteiger partial charge < -0.3 is 14.2 Å². The van der Waals surface area contributed by atoms with Crippen LogP contribution in [-0.2, 0) is 9.47 Å². The maximum Gasteiger partial charge on any atom is 0.338 e. The van der Waals surface area contributed by atoms with E-state index < -0.39 is 5.97 Å². The first-order valence-electron chi connectivity index (χ1n) is 5.01. The molecule has 0 saturated carbocycles. The normalized spacial score (nSPS) is 9.76. The van der Waals surface area contributed by atoms with Gasteiger partial charge >= 0.3 is 5.97 Å². The van der Waals surface area contributed by atoms with Crippen LogP contribution in [0.1, 0.15) is 20.7 Å². The zero-order chi connectivity index (χ0) is 12.7. The molecule has 0 radical (unpaired) electrons. The van der Waals surface area contributed by atoms with Crippen molar-refractivity contribution in [2.75, 3.05) is 27.4 Å². The zero-order valence-electron chi connectivity index (χ0n) is 9.76. The third kappa shape index (κ3) is 3.88. The lowest BCUT2D eigenvalue weighted by molar-refractivity contribution is 0.0600. The molecule has 0 heterocycles. The number of methoxy groups -OCH3 is 2. The SMILES string of the molecule is COCCOc1cc(C=O)cc(C(=O)OC)c1. The van der Waals surface area contributed by atoms with Crippen LogP contribution >= 0.6 is 0 Å². The second-order valence-electron chi connectivity index (χ2n) is 3.24. The van der Waals surface area contributed by atoms with Crippen molar-refractivity contribution in [3.05, 3.63) is 29.3 Å². The monoisotopic (exact) mass is 238 g/mol. The third-order valence-electron chi connectivity index (χ3n) is 2.04. The van der Waals surface area contributed by atoms with Gasteiger partial charge in [-0.05, 0) is 18.2 Å². The average molecular weight is 238 g/mol. The Labute approximate surface area is 99.3 Å². The van der Waals surface area contributed by atoms with E-state index in [1.807, 2.05) is 0 Å². The molecule has 0 unspecified atom stereocenters. The van der Waals surface area contributed by atoms with Crippen LogP contribution in [0.5, 0.6) is 5.75 Å². The molecule has 0 amide bonds. The Balaban J connectivity index is 2.89. The highest BCUT2D eigenvalue weighted by molar-refractivity contribution is 5.92. The number of hydrogen-bond donors (Lipinski definition) is 0. The van der Waals surface area contributed by atoms with E-state index in [0.717, 1.165) is 0 Å². The zero-order valence-corrected chi connectivity index (χ0v) is 9.76. The van der Waals surface area contributed by atoms with Crippen LogP contribution in [0.4, 0.5) is 0 Å². The molecule has 1 aromatic rings. The Bertz CT molecular complexity index is 400. The molecule has 17 heavy (non-hydrogen) atoms. The molecule has 0 aromatic heterocycles. The van der Waals surface area contributed by atoms with Gasteiger partial charge in [0.2, 0.25) is 0 Å². The minimum atomic E-state index is -0.509. The minimum Gasteiger partial charge on any atom is -0.491 e. The van der Waals surface area contributed by atoms with E-state index in [1.165, 1.54) is 19.2 Å². The Morgan fingerprint density at radius 3 is 2.59 bits per heavy atom. The number of rotatable bonds is 6. The van der Waals surface area contributed by atoms with Gasteiger partial charge in [-0.1, -0.05) is 0 Å². The molecule has 0 N–H and O–H groups in total. The average Bonchev–Trinajstić information content (AvgIpc) is 2.37. The van der Waals surface area contributed by atoms with Gasteiger partial charge in [-0.15, -0.1) is 0 Å². The largest absolute Gasteiger partial charge is 0.491 e. The molecule has 0 atom stereocenters. The van der Waals surface area contributed by atoms with E-state index in [1.54, 1.807) is 13.2 Å². The van der Waals surface area contributed by atoms with Crippen LogP contribution in [0.25, 0.3) is 0 Å². The van der Waals surface area contributed by atoms with Crippen LogP contribution in [0.15, 0.2) is 18.2 Å². The fourth-order valence-electron chi connectivity index (χ4n) is 1.25. The molecular weight excluding hydrogens is 224 g/mol. The highest BCUT2D eigenvalue weighted by atomic mass is 16.5. The maximum atomic E-state index is 11.3. The van der Waals surface area contributed by atoms with Gasteiger partial charge in [0, 0.05) is 12.7 Å². The molecule has 1 aromatic carbocycles. The number of benzene rings is 1. The van der Waals surface area contributed by atoms with Crippen molar-refractivity contribution < 1.29 is 23.8 Å². The molecule has 0 saturated heterocycles. The second kappa shape index (κ2) is 6.65. The summed E-state index contributed by atoms with van der Waals surface area (Å²) in [7, 11) is 2.84. The molecular formula is C12H14O5. The summed E-state index contributed by atoms with van der Waals surface area (Å²) in [5.41, 5.74) is 0.643. The Hall–Kier alpha value is -1.88. The molecule has 0 aliphatic carbocycles. The smallest absolute Gasteiger partial charge is 0.338 e. The van der Waals surface area contributed by atoms with Crippen LogP contribution in [0.2, 0.25) is 0 Å². The van der Waals surface area contributed by atoms with E-state index >= 15 is 0 Å². The Kier molecular flexibility index (Phi) is 5.16. The Morgan fingerprint density at radius 1 is 1.24 bits per heavy atom. The lowest BCUT2D eigenvalue weighted by atomic mass is 10.1. The number of hydrogen-bond acceptors (Lipinski definition) is 5. The van der Waals surface area contributed by atoms with Gasteiger partial charge in [0.05, 0.1) is 19.3 Å². The molecule has 1 rings (SSSR count). The minimum absolute atomic E-state index is 0.282. The van der Waals surface area contributed by atoms with Crippen molar-refractivity contribution >= 4 is 12.3 Å². The van der Waals surface area contributed by atoms with Crippen LogP contribution < -0.4 is 4.74 Å². The van der Waals surface area contributed by atoms with Gasteiger partial charge in [-0.25, -0.2) is 4.79 Å². The molecule has 0 fully saturated rings. The van der Waals surface area contributed by atoms with Gasteiger partial charge in [0.15, 0.2) is 0 Å². The van der Waals surface area contributed by atoms with Crippen LogP contribution in [-0.4, -0.2) is 39.7 Å². The quantitative estimate of drug-likeness (QED) is 0.425. The van der Waals surface area contributed by atoms with Crippen molar-refractivity contribution in [2.45, 2.75) is 0 Å². The Morgan fingerprint density at radius 2 is 2.00 bits per heavy atom. The van der Waals surface area contributed by atoms with Crippen molar-refractivity contribution in [1.29, 1.82) is 0 Å². The van der Waals surface area contributed by atoms with E-state index in [-0.39, 0.29) is 5.56 Å². The molecule has 5 nitrogen and oxygen atoms in total. The van der Waals surface area contributed by atoms with Crippen molar-refractivity contribution in [1.82, 2.24) is 0 Å². The number of aldehydes is 1. The second-order valence-corrected chi connectivity index (χ2v) is 3.24. The van der Waals surface area contributed by atoms with Gasteiger partial charge in [-0.3, -0.25) is 4.79 Å². The summed E-state index contributed by atoms with van der Waals surface area (Å²) in [6.45, 7) is 0.776. The number of esters is 1. The molecule has 0 aliphatic rings. The predicted octanol–water partition coefficient (Wildman–Crippen LogP) is 1.31. The fourth-order valence-corrected chi connectivity index (χ4v) is 1.25. The van der Waals surface area contributed by atoms with Gasteiger partial charge in [-0.2, -0.15) is 0 Å². The fraction of sp³-hybridized carbons (Fsp3) is 0.333. The predicted molar refractivity (Wildman–Crippen MR) is 60.5 cm³/mol. The summed E-state index contributed by atoms with van der Waals surface area (Å²) >= 11 is 0. The van der Waals surface area contributed by atoms with Crippen molar-refractivity contribution in [3.8, 4) is 5.75 Å². The summed E-state index contributed by atoms with van der Waals surface area (Å²) in [6, 6.07) is 4.52. The lowest BCUT2D eigenvalue weighted by Gasteiger charge is -2.08. The van der Waals surface area contributed by atoms with E-state index in [9.17, 15) is 9.59 Å². The van der Waals surface area contributed by atoms with Crippen LogP contribution in [0, 0.1) is 0 Å². The summed E-state index contributed by atoms with van der Waals surface area (Å²) in [5.74, 6) is -0.0719. The summed E-state index contributed by atoms with van der Waals surface area (Å²) in [4.78, 5) is 22.1. The van der Waals surface area contributed by atoms with Crippen molar-refractivity contribution in [2.24, 2.45) is 0 Å². The molecule has 0 bridgehead atoms. The first-order chi connectivity index (χ1) is 8.21. The molecule has 92 valence electrons. The first-order valence-corrected chi connectivity index (χ1v) is 5.01. The summed E-state index contributed by atoms with van der Waals surface area (Å²) in [5, 5.41) is 0. The molecule has 0 aliphatic heterocycles. The third-order valence-corrected chi connectivity index (χ3v) is 2.04. The number of carbonyl (C=O) groups excluding carboxylic acids is 2. The molecule has 5 heteroatoms. The highest BCUT2D eigenvalue weighted by Crippen LogP contribution is 2.17. The van der Waals surface area contributed by atoms with E-state index in [4.69, 9.17) is 9.47 Å². The maximum absolute atomic E-state index is 11.3. The number of ether oxygens (including phenoxy) is 3. The first kappa shape index (κ1) is 13.2. The van der Waals surface area contributed by atoms with E-state index in [2.05, 4.69) is 4.74 Å². The van der Waals surface area contributed by atoms with Crippen LogP contribution in [0.3, 0.4) is 0 Å². The lowest BCUT2D eigenvalue weighted by Crippen LogP contribution is -2.07. The van der Waals surface area contributed by atoms with Gasteiger partial charge in [0.25, 0.3) is 0 Å².